The molecule has 0 bridgehead atoms. The Bertz CT molecular complexity index is 1060. The molecule has 0 aliphatic carbocycles. The Labute approximate surface area is 139 Å². The number of nitrogens with two attached hydrogens (primary N) is 1. The summed E-state index contributed by atoms with van der Waals surface area (Å²) in [5, 5.41) is 0.688. The highest BCUT2D eigenvalue weighted by molar-refractivity contribution is 6.09. The van der Waals surface area contributed by atoms with Gasteiger partial charge in [-0.15, -0.1) is 0 Å². The number of benzene rings is 2. The molecular formula is C20H13N3O. The fourth-order valence-electron chi connectivity index (χ4n) is 2.84. The average Bonchev–Trinajstić information content (AvgIpc) is 3.04. The zero-order chi connectivity index (χ0) is 16.5. The minimum atomic E-state index is 0.333. The molecule has 0 unspecified atom stereocenters. The second-order valence-electron chi connectivity index (χ2n) is 5.39. The highest BCUT2D eigenvalue weighted by Crippen LogP contribution is 2.44. The number of fused-ring (bicyclic) bond motifs is 1. The van der Waals surface area contributed by atoms with Crippen LogP contribution < -0.4 is 5.73 Å². The van der Waals surface area contributed by atoms with Gasteiger partial charge in [-0.1, -0.05) is 60.7 Å². The Balaban J connectivity index is 2.14. The zero-order valence-electron chi connectivity index (χ0n) is 12.7. The molecule has 2 heterocycles. The van der Waals surface area contributed by atoms with Gasteiger partial charge in [0.05, 0.1) is 17.6 Å². The highest BCUT2D eigenvalue weighted by atomic mass is 16.3. The highest BCUT2D eigenvalue weighted by Gasteiger charge is 2.21. The fraction of sp³-hybridized carbons (Fsp3) is 0. The van der Waals surface area contributed by atoms with Gasteiger partial charge in [0.2, 0.25) is 11.4 Å². The number of hydrogen-bond acceptors (Lipinski definition) is 3. The molecule has 4 aromatic rings. The summed E-state index contributed by atoms with van der Waals surface area (Å²) in [5.41, 5.74) is 10.2. The predicted octanol–water partition coefficient (Wildman–Crippen LogP) is 5.29. The Morgan fingerprint density at radius 3 is 2.17 bits per heavy atom. The van der Waals surface area contributed by atoms with Gasteiger partial charge in [-0.3, -0.25) is 0 Å². The zero-order valence-corrected chi connectivity index (χ0v) is 12.7. The molecule has 0 aliphatic rings. The summed E-state index contributed by atoms with van der Waals surface area (Å²) in [7, 11) is 0. The first kappa shape index (κ1) is 14.0. The maximum Gasteiger partial charge on any atom is 0.228 e. The molecule has 0 atom stereocenters. The SMILES string of the molecule is [C-]#[N+]c1cnc2oc(-c3ccccc3)c(-c3ccccc3)c2c1N. The van der Waals surface area contributed by atoms with Crippen LogP contribution in [-0.4, -0.2) is 4.98 Å². The number of aromatic nitrogens is 1. The average molecular weight is 311 g/mol. The van der Waals surface area contributed by atoms with Gasteiger partial charge >= 0.3 is 0 Å². The first-order valence-corrected chi connectivity index (χ1v) is 7.49. The topological polar surface area (TPSA) is 56.4 Å². The second kappa shape index (κ2) is 5.56. The van der Waals surface area contributed by atoms with E-state index in [0.29, 0.717) is 28.2 Å². The molecule has 0 amide bonds. The van der Waals surface area contributed by atoms with Crippen LogP contribution in [-0.2, 0) is 0 Å². The van der Waals surface area contributed by atoms with Gasteiger partial charge < -0.3 is 10.2 Å². The molecular weight excluding hydrogens is 298 g/mol. The van der Waals surface area contributed by atoms with Crippen molar-refractivity contribution in [3.05, 3.63) is 78.3 Å². The molecule has 4 nitrogen and oxygen atoms in total. The van der Waals surface area contributed by atoms with Gasteiger partial charge in [0.25, 0.3) is 0 Å². The van der Waals surface area contributed by atoms with Crippen LogP contribution in [0.5, 0.6) is 0 Å². The Morgan fingerprint density at radius 1 is 0.917 bits per heavy atom. The molecule has 4 rings (SSSR count). The predicted molar refractivity (Wildman–Crippen MR) is 95.6 cm³/mol. The number of furan rings is 1. The van der Waals surface area contributed by atoms with Crippen molar-refractivity contribution in [3.63, 3.8) is 0 Å². The van der Waals surface area contributed by atoms with E-state index in [1.807, 2.05) is 60.7 Å². The third kappa shape index (κ3) is 2.11. The molecule has 0 spiro atoms. The van der Waals surface area contributed by atoms with Crippen LogP contribution in [0.3, 0.4) is 0 Å². The maximum atomic E-state index is 7.28. The van der Waals surface area contributed by atoms with E-state index < -0.39 is 0 Å². The monoisotopic (exact) mass is 311 g/mol. The Morgan fingerprint density at radius 2 is 1.54 bits per heavy atom. The number of rotatable bonds is 2. The minimum absolute atomic E-state index is 0.333. The van der Waals surface area contributed by atoms with Crippen molar-refractivity contribution in [2.24, 2.45) is 0 Å². The Kier molecular flexibility index (Phi) is 3.25. The van der Waals surface area contributed by atoms with E-state index in [9.17, 15) is 0 Å². The largest absolute Gasteiger partial charge is 0.437 e. The van der Waals surface area contributed by atoms with Crippen LogP contribution in [0, 0.1) is 6.57 Å². The van der Waals surface area contributed by atoms with Crippen LogP contribution in [0.15, 0.2) is 71.3 Å². The number of nitrogen functional groups attached to an aromatic ring is 1. The first-order chi connectivity index (χ1) is 11.8. The van der Waals surface area contributed by atoms with Crippen LogP contribution >= 0.6 is 0 Å². The normalized spacial score (nSPS) is 10.6. The molecule has 114 valence electrons. The summed E-state index contributed by atoms with van der Waals surface area (Å²) in [6, 6.07) is 19.7. The van der Waals surface area contributed by atoms with Crippen molar-refractivity contribution in [1.82, 2.24) is 4.98 Å². The molecule has 2 aromatic carbocycles. The molecule has 2 N–H and O–H groups in total. The lowest BCUT2D eigenvalue weighted by Gasteiger charge is -2.05. The quantitative estimate of drug-likeness (QED) is 0.511. The van der Waals surface area contributed by atoms with Crippen molar-refractivity contribution >= 4 is 22.5 Å². The molecule has 2 aromatic heterocycles. The van der Waals surface area contributed by atoms with Gasteiger partial charge in [-0.05, 0) is 5.56 Å². The van der Waals surface area contributed by atoms with Gasteiger partial charge in [0.15, 0.2) is 0 Å². The Hall–Kier alpha value is -3.58. The first-order valence-electron chi connectivity index (χ1n) is 7.49. The summed E-state index contributed by atoms with van der Waals surface area (Å²) in [4.78, 5) is 7.74. The number of nitrogens with zero attached hydrogens (tertiary/aromatic N) is 2. The van der Waals surface area contributed by atoms with E-state index in [1.54, 1.807) is 0 Å². The third-order valence-corrected chi connectivity index (χ3v) is 3.96. The molecule has 24 heavy (non-hydrogen) atoms. The standard InChI is InChI=1S/C20H13N3O/c1-22-15-12-23-20-17(18(15)21)16(13-8-4-2-5-9-13)19(24-20)14-10-6-3-7-11-14/h2-12H,(H2,21,23). The molecule has 0 fully saturated rings. The molecule has 0 saturated heterocycles. The fourth-order valence-corrected chi connectivity index (χ4v) is 2.84. The van der Waals surface area contributed by atoms with Crippen molar-refractivity contribution in [1.29, 1.82) is 0 Å². The van der Waals surface area contributed by atoms with Crippen LogP contribution in [0.1, 0.15) is 0 Å². The van der Waals surface area contributed by atoms with Gasteiger partial charge in [-0.2, -0.15) is 0 Å². The summed E-state index contributed by atoms with van der Waals surface area (Å²) >= 11 is 0. The van der Waals surface area contributed by atoms with E-state index >= 15 is 0 Å². The van der Waals surface area contributed by atoms with Gasteiger partial charge in [0, 0.05) is 17.3 Å². The maximum absolute atomic E-state index is 7.28. The summed E-state index contributed by atoms with van der Waals surface area (Å²) in [6.45, 7) is 7.28. The van der Waals surface area contributed by atoms with E-state index in [0.717, 1.165) is 16.7 Å². The van der Waals surface area contributed by atoms with Crippen LogP contribution in [0.25, 0.3) is 38.4 Å². The molecule has 0 radical (unpaired) electrons. The number of hydrogen-bond donors (Lipinski definition) is 1. The number of anilines is 1. The smallest absolute Gasteiger partial charge is 0.228 e. The van der Waals surface area contributed by atoms with Gasteiger partial charge in [0.1, 0.15) is 5.76 Å². The van der Waals surface area contributed by atoms with E-state index in [2.05, 4.69) is 9.83 Å². The molecule has 0 aliphatic heterocycles. The molecule has 4 heteroatoms. The lowest BCUT2D eigenvalue weighted by Crippen LogP contribution is -1.89. The van der Waals surface area contributed by atoms with Crippen molar-refractivity contribution in [2.45, 2.75) is 0 Å². The van der Waals surface area contributed by atoms with Crippen molar-refractivity contribution in [3.8, 4) is 22.5 Å². The van der Waals surface area contributed by atoms with Crippen molar-refractivity contribution in [2.75, 3.05) is 5.73 Å². The number of pyridine rings is 1. The molecule has 0 saturated carbocycles. The van der Waals surface area contributed by atoms with E-state index in [-0.39, 0.29) is 0 Å². The van der Waals surface area contributed by atoms with Crippen molar-refractivity contribution < 1.29 is 4.42 Å². The van der Waals surface area contributed by atoms with E-state index in [1.165, 1.54) is 6.20 Å². The van der Waals surface area contributed by atoms with Crippen LogP contribution in [0.2, 0.25) is 0 Å². The summed E-state index contributed by atoms with van der Waals surface area (Å²) < 4.78 is 6.03. The summed E-state index contributed by atoms with van der Waals surface area (Å²) in [6.07, 6.45) is 1.46. The lowest BCUT2D eigenvalue weighted by molar-refractivity contribution is 0.619. The lowest BCUT2D eigenvalue weighted by atomic mass is 9.98. The second-order valence-corrected chi connectivity index (χ2v) is 5.39. The van der Waals surface area contributed by atoms with Crippen LogP contribution in [0.4, 0.5) is 11.4 Å². The summed E-state index contributed by atoms with van der Waals surface area (Å²) in [5.74, 6) is 0.707. The third-order valence-electron chi connectivity index (χ3n) is 3.96. The minimum Gasteiger partial charge on any atom is -0.437 e. The van der Waals surface area contributed by atoms with Gasteiger partial charge in [-0.25, -0.2) is 9.83 Å². The van der Waals surface area contributed by atoms with E-state index in [4.69, 9.17) is 16.7 Å².